The van der Waals surface area contributed by atoms with Gasteiger partial charge in [-0.15, -0.1) is 0 Å². The average molecular weight is 310 g/mol. The van der Waals surface area contributed by atoms with Crippen molar-refractivity contribution in [2.24, 2.45) is 0 Å². The SMILES string of the molecule is CCc1ccc(CN(C)CC(=O)Nc2c(C)cccc2C)cc1. The van der Waals surface area contributed by atoms with Crippen molar-refractivity contribution in [1.29, 1.82) is 0 Å². The van der Waals surface area contributed by atoms with Crippen LogP contribution in [-0.4, -0.2) is 24.4 Å². The molecule has 0 bridgehead atoms. The molecule has 122 valence electrons. The summed E-state index contributed by atoms with van der Waals surface area (Å²) in [6, 6.07) is 14.6. The number of rotatable bonds is 6. The summed E-state index contributed by atoms with van der Waals surface area (Å²) < 4.78 is 0. The lowest BCUT2D eigenvalue weighted by Gasteiger charge is -2.18. The van der Waals surface area contributed by atoms with Gasteiger partial charge >= 0.3 is 0 Å². The van der Waals surface area contributed by atoms with E-state index in [2.05, 4.69) is 36.5 Å². The van der Waals surface area contributed by atoms with E-state index in [1.807, 2.05) is 44.0 Å². The maximum Gasteiger partial charge on any atom is 0.238 e. The molecule has 0 aliphatic carbocycles. The van der Waals surface area contributed by atoms with Gasteiger partial charge < -0.3 is 5.32 Å². The molecule has 2 rings (SSSR count). The van der Waals surface area contributed by atoms with Gasteiger partial charge in [0.05, 0.1) is 6.54 Å². The number of hydrogen-bond donors (Lipinski definition) is 1. The molecule has 2 aromatic rings. The lowest BCUT2D eigenvalue weighted by Crippen LogP contribution is -2.30. The first kappa shape index (κ1) is 17.2. The van der Waals surface area contributed by atoms with Gasteiger partial charge in [-0.3, -0.25) is 9.69 Å². The van der Waals surface area contributed by atoms with E-state index < -0.39 is 0 Å². The van der Waals surface area contributed by atoms with Gasteiger partial charge in [0.1, 0.15) is 0 Å². The highest BCUT2D eigenvalue weighted by molar-refractivity contribution is 5.93. The minimum Gasteiger partial charge on any atom is -0.324 e. The molecule has 0 spiro atoms. The fourth-order valence-corrected chi connectivity index (χ4v) is 2.68. The maximum atomic E-state index is 12.3. The monoisotopic (exact) mass is 310 g/mol. The molecule has 3 heteroatoms. The van der Waals surface area contributed by atoms with Crippen molar-refractivity contribution in [2.45, 2.75) is 33.7 Å². The molecule has 0 aliphatic heterocycles. The molecule has 23 heavy (non-hydrogen) atoms. The summed E-state index contributed by atoms with van der Waals surface area (Å²) in [5.74, 6) is 0.0232. The van der Waals surface area contributed by atoms with E-state index in [0.717, 1.165) is 29.8 Å². The van der Waals surface area contributed by atoms with E-state index >= 15 is 0 Å². The van der Waals surface area contributed by atoms with Crippen LogP contribution in [0.5, 0.6) is 0 Å². The molecular formula is C20H26N2O. The van der Waals surface area contributed by atoms with E-state index in [-0.39, 0.29) is 5.91 Å². The van der Waals surface area contributed by atoms with Crippen LogP contribution < -0.4 is 5.32 Å². The van der Waals surface area contributed by atoms with Crippen molar-refractivity contribution in [1.82, 2.24) is 4.90 Å². The number of para-hydroxylation sites is 1. The molecule has 1 amide bonds. The van der Waals surface area contributed by atoms with Crippen LogP contribution in [0, 0.1) is 13.8 Å². The number of nitrogens with zero attached hydrogens (tertiary/aromatic N) is 1. The Morgan fingerprint density at radius 2 is 1.57 bits per heavy atom. The van der Waals surface area contributed by atoms with Gasteiger partial charge in [0.25, 0.3) is 0 Å². The van der Waals surface area contributed by atoms with Gasteiger partial charge in [-0.1, -0.05) is 49.4 Å². The molecule has 0 heterocycles. The first-order valence-corrected chi connectivity index (χ1v) is 8.12. The second-order valence-corrected chi connectivity index (χ2v) is 6.16. The Labute approximate surface area is 139 Å². The normalized spacial score (nSPS) is 10.8. The van der Waals surface area contributed by atoms with Crippen molar-refractivity contribution in [3.63, 3.8) is 0 Å². The Kier molecular flexibility index (Phi) is 5.94. The fraction of sp³-hybridized carbons (Fsp3) is 0.350. The number of amides is 1. The van der Waals surface area contributed by atoms with E-state index in [9.17, 15) is 4.79 Å². The maximum absolute atomic E-state index is 12.3. The first-order valence-electron chi connectivity index (χ1n) is 8.12. The Balaban J connectivity index is 1.91. The molecule has 2 aromatic carbocycles. The van der Waals surface area contributed by atoms with Crippen molar-refractivity contribution < 1.29 is 4.79 Å². The summed E-state index contributed by atoms with van der Waals surface area (Å²) in [6.45, 7) is 7.33. The number of carbonyl (C=O) groups is 1. The third-order valence-electron chi connectivity index (χ3n) is 4.04. The van der Waals surface area contributed by atoms with Crippen LogP contribution in [0.2, 0.25) is 0 Å². The molecule has 3 nitrogen and oxygen atoms in total. The van der Waals surface area contributed by atoms with Crippen LogP contribution >= 0.6 is 0 Å². The quantitative estimate of drug-likeness (QED) is 0.876. The Bertz CT molecular complexity index is 642. The van der Waals surface area contributed by atoms with Crippen molar-refractivity contribution in [3.8, 4) is 0 Å². The van der Waals surface area contributed by atoms with Gasteiger partial charge in [0, 0.05) is 12.2 Å². The third kappa shape index (κ3) is 4.93. The molecule has 0 unspecified atom stereocenters. The van der Waals surface area contributed by atoms with Gasteiger partial charge in [0.2, 0.25) is 5.91 Å². The average Bonchev–Trinajstić information content (AvgIpc) is 2.51. The summed E-state index contributed by atoms with van der Waals surface area (Å²) in [7, 11) is 1.97. The highest BCUT2D eigenvalue weighted by Gasteiger charge is 2.10. The number of likely N-dealkylation sites (N-methyl/N-ethyl adjacent to an activating group) is 1. The number of nitrogens with one attached hydrogen (secondary N) is 1. The van der Waals surface area contributed by atoms with Crippen LogP contribution in [0.1, 0.15) is 29.2 Å². The highest BCUT2D eigenvalue weighted by atomic mass is 16.2. The van der Waals surface area contributed by atoms with Crippen molar-refractivity contribution in [3.05, 3.63) is 64.7 Å². The third-order valence-corrected chi connectivity index (χ3v) is 4.04. The molecule has 0 saturated carbocycles. The second kappa shape index (κ2) is 7.93. The predicted molar refractivity (Wildman–Crippen MR) is 96.7 cm³/mol. The number of benzene rings is 2. The number of carbonyl (C=O) groups excluding carboxylic acids is 1. The summed E-state index contributed by atoms with van der Waals surface area (Å²) >= 11 is 0. The van der Waals surface area contributed by atoms with E-state index in [4.69, 9.17) is 0 Å². The molecule has 1 N–H and O–H groups in total. The van der Waals surface area contributed by atoms with Crippen LogP contribution in [0.3, 0.4) is 0 Å². The standard InChI is InChI=1S/C20H26N2O/c1-5-17-9-11-18(12-10-17)13-22(4)14-19(23)21-20-15(2)7-6-8-16(20)3/h6-12H,5,13-14H2,1-4H3,(H,21,23). The molecule has 0 atom stereocenters. The summed E-state index contributed by atoms with van der Waals surface area (Å²) in [5.41, 5.74) is 5.68. The topological polar surface area (TPSA) is 32.3 Å². The van der Waals surface area contributed by atoms with Crippen LogP contribution in [0.15, 0.2) is 42.5 Å². The Hall–Kier alpha value is -2.13. The smallest absolute Gasteiger partial charge is 0.238 e. The second-order valence-electron chi connectivity index (χ2n) is 6.16. The summed E-state index contributed by atoms with van der Waals surface area (Å²) in [6.07, 6.45) is 1.05. The van der Waals surface area contributed by atoms with Crippen LogP contribution in [0.4, 0.5) is 5.69 Å². The zero-order chi connectivity index (χ0) is 16.8. The lowest BCUT2D eigenvalue weighted by molar-refractivity contribution is -0.117. The minimum atomic E-state index is 0.0232. The first-order chi connectivity index (χ1) is 11.0. The molecular weight excluding hydrogens is 284 g/mol. The zero-order valence-corrected chi connectivity index (χ0v) is 14.5. The molecule has 0 aromatic heterocycles. The molecule has 0 radical (unpaired) electrons. The van der Waals surface area contributed by atoms with Gasteiger partial charge in [-0.05, 0) is 49.6 Å². The van der Waals surface area contributed by atoms with E-state index in [1.54, 1.807) is 0 Å². The largest absolute Gasteiger partial charge is 0.324 e. The van der Waals surface area contributed by atoms with Crippen LogP contribution in [-0.2, 0) is 17.8 Å². The number of aryl methyl sites for hydroxylation is 3. The minimum absolute atomic E-state index is 0.0232. The molecule has 0 fully saturated rings. The van der Waals surface area contributed by atoms with Gasteiger partial charge in [-0.25, -0.2) is 0 Å². The molecule has 0 saturated heterocycles. The fourth-order valence-electron chi connectivity index (χ4n) is 2.68. The van der Waals surface area contributed by atoms with E-state index in [1.165, 1.54) is 11.1 Å². The van der Waals surface area contributed by atoms with E-state index in [0.29, 0.717) is 6.54 Å². The van der Waals surface area contributed by atoms with Gasteiger partial charge in [-0.2, -0.15) is 0 Å². The Morgan fingerprint density at radius 1 is 1.00 bits per heavy atom. The predicted octanol–water partition coefficient (Wildman–Crippen LogP) is 3.94. The summed E-state index contributed by atoms with van der Waals surface area (Å²) in [4.78, 5) is 14.3. The molecule has 0 aliphatic rings. The number of anilines is 1. The highest BCUT2D eigenvalue weighted by Crippen LogP contribution is 2.19. The van der Waals surface area contributed by atoms with Crippen LogP contribution in [0.25, 0.3) is 0 Å². The van der Waals surface area contributed by atoms with Crippen molar-refractivity contribution in [2.75, 3.05) is 18.9 Å². The number of hydrogen-bond acceptors (Lipinski definition) is 2. The summed E-state index contributed by atoms with van der Waals surface area (Å²) in [5, 5.41) is 3.03. The zero-order valence-electron chi connectivity index (χ0n) is 14.5. The Morgan fingerprint density at radius 3 is 2.13 bits per heavy atom. The lowest BCUT2D eigenvalue weighted by atomic mass is 10.1. The van der Waals surface area contributed by atoms with Gasteiger partial charge in [0.15, 0.2) is 0 Å². The van der Waals surface area contributed by atoms with Crippen molar-refractivity contribution >= 4 is 11.6 Å².